The second-order valence-corrected chi connectivity index (χ2v) is 3.64. The van der Waals surface area contributed by atoms with Gasteiger partial charge in [-0.25, -0.2) is 9.97 Å². The molecule has 98 valence electrons. The first-order valence-electron chi connectivity index (χ1n) is 4.95. The molecule has 0 saturated heterocycles. The molecule has 0 aliphatic rings. The molecule has 0 fully saturated rings. The number of nitrogens with zero attached hydrogens (tertiary/aromatic N) is 4. The van der Waals surface area contributed by atoms with Gasteiger partial charge >= 0.3 is 6.18 Å². The van der Waals surface area contributed by atoms with E-state index in [4.69, 9.17) is 5.73 Å². The molecule has 0 bridgehead atoms. The summed E-state index contributed by atoms with van der Waals surface area (Å²) in [5.74, 6) is 0.256. The lowest BCUT2D eigenvalue weighted by molar-refractivity contribution is -0.177. The Morgan fingerprint density at radius 1 is 1.39 bits per heavy atom. The number of fused-ring (bicyclic) bond motifs is 1. The van der Waals surface area contributed by atoms with Gasteiger partial charge in [-0.15, -0.1) is 0 Å². The Kier molecular flexibility index (Phi) is 3.07. The fraction of sp³-hybridized carbons (Fsp3) is 0.444. The molecule has 0 radical (unpaired) electrons. The number of hydrogen-bond donors (Lipinski definition) is 1. The van der Waals surface area contributed by atoms with Crippen LogP contribution in [0.15, 0.2) is 6.20 Å². The summed E-state index contributed by atoms with van der Waals surface area (Å²) in [6.07, 6.45) is -2.88. The SMILES string of the molecule is Cn1ncc2c(N)nc(COCC(F)(F)F)nc21. The van der Waals surface area contributed by atoms with Crippen LogP contribution in [0.1, 0.15) is 5.82 Å². The predicted molar refractivity (Wildman–Crippen MR) is 56.4 cm³/mol. The van der Waals surface area contributed by atoms with Gasteiger partial charge in [0, 0.05) is 7.05 Å². The molecule has 2 heterocycles. The van der Waals surface area contributed by atoms with Crippen LogP contribution in [0.5, 0.6) is 0 Å². The molecule has 2 N–H and O–H groups in total. The minimum Gasteiger partial charge on any atom is -0.383 e. The monoisotopic (exact) mass is 261 g/mol. The Balaban J connectivity index is 2.16. The molecular weight excluding hydrogens is 251 g/mol. The number of nitrogen functional groups attached to an aromatic ring is 1. The zero-order valence-corrected chi connectivity index (χ0v) is 9.40. The molecule has 0 spiro atoms. The minimum absolute atomic E-state index is 0.0906. The Morgan fingerprint density at radius 3 is 2.78 bits per heavy atom. The van der Waals surface area contributed by atoms with Gasteiger partial charge in [0.05, 0.1) is 11.6 Å². The molecule has 0 amide bonds. The maximum atomic E-state index is 11.9. The average Bonchev–Trinajstić information content (AvgIpc) is 2.59. The second kappa shape index (κ2) is 4.41. The highest BCUT2D eigenvalue weighted by Gasteiger charge is 2.27. The van der Waals surface area contributed by atoms with Crippen LogP contribution in [-0.2, 0) is 18.4 Å². The van der Waals surface area contributed by atoms with E-state index in [0.29, 0.717) is 11.0 Å². The minimum atomic E-state index is -4.37. The quantitative estimate of drug-likeness (QED) is 0.892. The van der Waals surface area contributed by atoms with Crippen molar-refractivity contribution in [2.45, 2.75) is 12.8 Å². The summed E-state index contributed by atoms with van der Waals surface area (Å²) >= 11 is 0. The van der Waals surface area contributed by atoms with Crippen molar-refractivity contribution in [1.82, 2.24) is 19.7 Å². The molecule has 2 rings (SSSR count). The van der Waals surface area contributed by atoms with Crippen LogP contribution in [-0.4, -0.2) is 32.5 Å². The Hall–Kier alpha value is -1.90. The molecule has 0 aliphatic heterocycles. The van der Waals surface area contributed by atoms with Crippen LogP contribution in [0, 0.1) is 0 Å². The summed E-state index contributed by atoms with van der Waals surface area (Å²) in [5, 5.41) is 4.48. The molecule has 0 aliphatic carbocycles. The summed E-state index contributed by atoms with van der Waals surface area (Å²) in [5.41, 5.74) is 6.10. The standard InChI is InChI=1S/C9H10F3N5O/c1-17-8-5(2-14-17)7(13)15-6(16-8)3-18-4-9(10,11)12/h2H,3-4H2,1H3,(H2,13,15,16). The van der Waals surface area contributed by atoms with Crippen molar-refractivity contribution < 1.29 is 17.9 Å². The number of rotatable bonds is 3. The maximum absolute atomic E-state index is 11.9. The van der Waals surface area contributed by atoms with Crippen LogP contribution < -0.4 is 5.73 Å². The molecule has 2 aromatic rings. The van der Waals surface area contributed by atoms with Crippen molar-refractivity contribution in [2.24, 2.45) is 7.05 Å². The van der Waals surface area contributed by atoms with E-state index in [0.717, 1.165) is 0 Å². The summed E-state index contributed by atoms with van der Waals surface area (Å²) in [4.78, 5) is 7.89. The van der Waals surface area contributed by atoms with Gasteiger partial charge in [-0.2, -0.15) is 18.3 Å². The molecule has 2 aromatic heterocycles. The van der Waals surface area contributed by atoms with E-state index in [-0.39, 0.29) is 18.2 Å². The third kappa shape index (κ3) is 2.67. The summed E-state index contributed by atoms with van der Waals surface area (Å²) in [6, 6.07) is 0. The number of ether oxygens (including phenoxy) is 1. The number of aromatic nitrogens is 4. The van der Waals surface area contributed by atoms with Gasteiger partial charge in [0.2, 0.25) is 0 Å². The zero-order valence-electron chi connectivity index (χ0n) is 9.40. The number of hydrogen-bond acceptors (Lipinski definition) is 5. The largest absolute Gasteiger partial charge is 0.411 e. The zero-order chi connectivity index (χ0) is 13.3. The highest BCUT2D eigenvalue weighted by molar-refractivity contribution is 5.84. The highest BCUT2D eigenvalue weighted by Crippen LogP contribution is 2.18. The number of halogens is 3. The van der Waals surface area contributed by atoms with E-state index in [1.807, 2.05) is 0 Å². The van der Waals surface area contributed by atoms with Crippen molar-refractivity contribution in [1.29, 1.82) is 0 Å². The van der Waals surface area contributed by atoms with Crippen LogP contribution in [0.25, 0.3) is 11.0 Å². The number of anilines is 1. The Morgan fingerprint density at radius 2 is 2.11 bits per heavy atom. The van der Waals surface area contributed by atoms with Crippen LogP contribution >= 0.6 is 0 Å². The lowest BCUT2D eigenvalue weighted by Gasteiger charge is -2.07. The normalized spacial score (nSPS) is 12.2. The summed E-state index contributed by atoms with van der Waals surface area (Å²) in [7, 11) is 1.65. The first-order valence-corrected chi connectivity index (χ1v) is 4.95. The molecule has 6 nitrogen and oxygen atoms in total. The van der Waals surface area contributed by atoms with Gasteiger partial charge in [0.15, 0.2) is 11.5 Å². The Bertz CT molecular complexity index is 565. The van der Waals surface area contributed by atoms with Gasteiger partial charge < -0.3 is 10.5 Å². The van der Waals surface area contributed by atoms with Crippen molar-refractivity contribution in [3.05, 3.63) is 12.0 Å². The van der Waals surface area contributed by atoms with Crippen molar-refractivity contribution in [2.75, 3.05) is 12.3 Å². The number of aryl methyl sites for hydroxylation is 1. The van der Waals surface area contributed by atoms with Crippen molar-refractivity contribution >= 4 is 16.9 Å². The average molecular weight is 261 g/mol. The Labute approximate surface area is 99.6 Å². The van der Waals surface area contributed by atoms with Crippen LogP contribution in [0.3, 0.4) is 0 Å². The lowest BCUT2D eigenvalue weighted by Crippen LogP contribution is -2.17. The second-order valence-electron chi connectivity index (χ2n) is 3.64. The lowest BCUT2D eigenvalue weighted by atomic mass is 10.4. The fourth-order valence-corrected chi connectivity index (χ4v) is 1.41. The van der Waals surface area contributed by atoms with E-state index in [1.54, 1.807) is 7.05 Å². The van der Waals surface area contributed by atoms with E-state index >= 15 is 0 Å². The van der Waals surface area contributed by atoms with E-state index in [1.165, 1.54) is 10.9 Å². The van der Waals surface area contributed by atoms with Gasteiger partial charge in [-0.1, -0.05) is 0 Å². The first-order chi connectivity index (χ1) is 8.37. The number of nitrogens with two attached hydrogens (primary N) is 1. The van der Waals surface area contributed by atoms with Crippen molar-refractivity contribution in [3.63, 3.8) is 0 Å². The van der Waals surface area contributed by atoms with E-state index in [9.17, 15) is 13.2 Å². The van der Waals surface area contributed by atoms with E-state index in [2.05, 4.69) is 19.8 Å². The van der Waals surface area contributed by atoms with Gasteiger partial charge in [-0.3, -0.25) is 4.68 Å². The molecular formula is C9H10F3N5O. The highest BCUT2D eigenvalue weighted by atomic mass is 19.4. The third-order valence-corrected chi connectivity index (χ3v) is 2.16. The van der Waals surface area contributed by atoms with Crippen LogP contribution in [0.2, 0.25) is 0 Å². The van der Waals surface area contributed by atoms with Gasteiger partial charge in [-0.05, 0) is 0 Å². The molecule has 9 heteroatoms. The molecule has 0 atom stereocenters. The number of alkyl halides is 3. The third-order valence-electron chi connectivity index (χ3n) is 2.16. The van der Waals surface area contributed by atoms with Crippen LogP contribution in [0.4, 0.5) is 19.0 Å². The molecule has 0 unspecified atom stereocenters. The predicted octanol–water partition coefficient (Wildman–Crippen LogP) is 1.02. The summed E-state index contributed by atoms with van der Waals surface area (Å²) in [6.45, 7) is -1.70. The first kappa shape index (κ1) is 12.6. The molecule has 0 saturated carbocycles. The molecule has 0 aromatic carbocycles. The topological polar surface area (TPSA) is 78.9 Å². The summed E-state index contributed by atoms with van der Waals surface area (Å²) < 4.78 is 41.6. The smallest absolute Gasteiger partial charge is 0.383 e. The maximum Gasteiger partial charge on any atom is 0.411 e. The fourth-order valence-electron chi connectivity index (χ4n) is 1.41. The molecule has 18 heavy (non-hydrogen) atoms. The van der Waals surface area contributed by atoms with Gasteiger partial charge in [0.1, 0.15) is 19.0 Å². The van der Waals surface area contributed by atoms with E-state index < -0.39 is 12.8 Å². The van der Waals surface area contributed by atoms with Gasteiger partial charge in [0.25, 0.3) is 0 Å². The van der Waals surface area contributed by atoms with Crippen molar-refractivity contribution in [3.8, 4) is 0 Å².